The molecule has 1 aliphatic rings. The first kappa shape index (κ1) is 31.0. The number of halogens is 1. The minimum Gasteiger partial charge on any atom is -0.493 e. The number of carbonyl (C=O) groups excluding carboxylic acids is 1. The lowest BCUT2D eigenvalue weighted by Gasteiger charge is -2.26. The minimum absolute atomic E-state index is 0.140. The number of thiazole rings is 1. The number of carbonyl (C=O) groups is 2. The van der Waals surface area contributed by atoms with Crippen LogP contribution >= 0.6 is 27.3 Å². The Morgan fingerprint density at radius 3 is 2.57 bits per heavy atom. The van der Waals surface area contributed by atoms with Gasteiger partial charge >= 0.3 is 11.9 Å². The third-order valence-corrected chi connectivity index (χ3v) is 8.71. The van der Waals surface area contributed by atoms with E-state index in [1.807, 2.05) is 13.8 Å². The number of aromatic carboxylic acids is 1. The second-order valence-electron chi connectivity index (χ2n) is 9.80. The Morgan fingerprint density at radius 1 is 1.11 bits per heavy atom. The van der Waals surface area contributed by atoms with Crippen molar-refractivity contribution in [2.24, 2.45) is 4.99 Å². The summed E-state index contributed by atoms with van der Waals surface area (Å²) < 4.78 is 25.2. The average molecular weight is 682 g/mol. The van der Waals surface area contributed by atoms with Crippen LogP contribution in [0.15, 0.2) is 72.4 Å². The fourth-order valence-electron chi connectivity index (χ4n) is 5.00. The van der Waals surface area contributed by atoms with Gasteiger partial charge in [0.2, 0.25) is 0 Å². The van der Waals surface area contributed by atoms with Crippen LogP contribution in [0.3, 0.4) is 0 Å². The van der Waals surface area contributed by atoms with E-state index in [9.17, 15) is 19.5 Å². The van der Waals surface area contributed by atoms with Crippen LogP contribution < -0.4 is 24.4 Å². The molecule has 0 unspecified atom stereocenters. The van der Waals surface area contributed by atoms with E-state index in [0.29, 0.717) is 60.3 Å². The van der Waals surface area contributed by atoms with Crippen LogP contribution in [0.25, 0.3) is 17.4 Å². The fraction of sp³-hybridized carbons (Fsp3) is 0.250. The molecular formula is C32H29BrN2O8S. The lowest BCUT2D eigenvalue weighted by Crippen LogP contribution is -2.40. The van der Waals surface area contributed by atoms with E-state index < -0.39 is 18.0 Å². The standard InChI is InChI=1S/C32H29BrN2O8S/c1-6-41-25-15-22(33)21(14-24(25)40-5)28-27(31(39)42-7-2)17(4)34-32-35(28)29(36)26(44-32)13-19-10-11-23(43-19)20-12-18(30(37)38)9-8-16(20)3/h8-15,28H,6-7H2,1-5H3,(H,37,38)/b26-13+/t28-/m1/s1. The molecule has 5 rings (SSSR count). The highest BCUT2D eigenvalue weighted by Gasteiger charge is 2.35. The van der Waals surface area contributed by atoms with Crippen molar-refractivity contribution in [1.82, 2.24) is 4.57 Å². The number of fused-ring (bicyclic) bond motifs is 1. The normalized spacial score (nSPS) is 14.7. The van der Waals surface area contributed by atoms with Crippen LogP contribution in [0.1, 0.15) is 54.1 Å². The van der Waals surface area contributed by atoms with E-state index in [1.54, 1.807) is 56.3 Å². The molecule has 0 amide bonds. The summed E-state index contributed by atoms with van der Waals surface area (Å²) in [7, 11) is 1.52. The average Bonchev–Trinajstić information content (AvgIpc) is 3.57. The van der Waals surface area contributed by atoms with Crippen molar-refractivity contribution in [2.45, 2.75) is 33.7 Å². The highest BCUT2D eigenvalue weighted by Crippen LogP contribution is 2.41. The predicted octanol–water partition coefficient (Wildman–Crippen LogP) is 5.23. The lowest BCUT2D eigenvalue weighted by atomic mass is 9.95. The van der Waals surface area contributed by atoms with Gasteiger partial charge in [0.05, 0.1) is 47.7 Å². The number of esters is 1. The van der Waals surface area contributed by atoms with Crippen LogP contribution in [0.4, 0.5) is 0 Å². The van der Waals surface area contributed by atoms with Crippen LogP contribution in [-0.2, 0) is 9.53 Å². The van der Waals surface area contributed by atoms with Crippen molar-refractivity contribution >= 4 is 45.3 Å². The quantitative estimate of drug-likeness (QED) is 0.238. The second kappa shape index (κ2) is 12.7. The molecular weight excluding hydrogens is 652 g/mol. The number of benzene rings is 2. The van der Waals surface area contributed by atoms with E-state index in [1.165, 1.54) is 17.7 Å². The summed E-state index contributed by atoms with van der Waals surface area (Å²) in [5.74, 6) is 0.190. The van der Waals surface area contributed by atoms with E-state index >= 15 is 0 Å². The smallest absolute Gasteiger partial charge is 0.338 e. The highest BCUT2D eigenvalue weighted by atomic mass is 79.9. The molecule has 44 heavy (non-hydrogen) atoms. The van der Waals surface area contributed by atoms with Crippen LogP contribution in [0.2, 0.25) is 0 Å². The van der Waals surface area contributed by atoms with Crippen molar-refractivity contribution in [3.63, 3.8) is 0 Å². The molecule has 228 valence electrons. The fourth-order valence-corrected chi connectivity index (χ4v) is 6.56. The summed E-state index contributed by atoms with van der Waals surface area (Å²) in [5, 5.41) is 9.42. The van der Waals surface area contributed by atoms with Crippen molar-refractivity contribution in [3.8, 4) is 22.8 Å². The molecule has 0 aliphatic carbocycles. The summed E-state index contributed by atoms with van der Waals surface area (Å²) in [6.07, 6.45) is 1.61. The van der Waals surface area contributed by atoms with Gasteiger partial charge in [0.1, 0.15) is 11.5 Å². The van der Waals surface area contributed by atoms with E-state index in [-0.39, 0.29) is 23.3 Å². The number of carboxylic acids is 1. The molecule has 1 N–H and O–H groups in total. The zero-order valence-electron chi connectivity index (χ0n) is 24.6. The van der Waals surface area contributed by atoms with E-state index in [4.69, 9.17) is 18.6 Å². The van der Waals surface area contributed by atoms with Gasteiger partial charge in [-0.3, -0.25) is 9.36 Å². The molecule has 12 heteroatoms. The topological polar surface area (TPSA) is 130 Å². The molecule has 4 aromatic rings. The van der Waals surface area contributed by atoms with Crippen molar-refractivity contribution < 1.29 is 33.3 Å². The number of allylic oxidation sites excluding steroid dienone is 1. The van der Waals surface area contributed by atoms with Crippen molar-refractivity contribution in [3.05, 3.63) is 100 Å². The molecule has 0 bridgehead atoms. The predicted molar refractivity (Wildman–Crippen MR) is 168 cm³/mol. The number of hydrogen-bond donors (Lipinski definition) is 1. The number of rotatable bonds is 9. The van der Waals surface area contributed by atoms with Crippen molar-refractivity contribution in [2.75, 3.05) is 20.3 Å². The van der Waals surface area contributed by atoms with Gasteiger partial charge in [-0.25, -0.2) is 14.6 Å². The maximum absolute atomic E-state index is 14.0. The third kappa shape index (κ3) is 5.74. The van der Waals surface area contributed by atoms with E-state index in [0.717, 1.165) is 16.9 Å². The van der Waals surface area contributed by atoms with Crippen LogP contribution in [0, 0.1) is 6.92 Å². The Morgan fingerprint density at radius 2 is 1.89 bits per heavy atom. The number of aryl methyl sites for hydroxylation is 1. The number of nitrogens with zero attached hydrogens (tertiary/aromatic N) is 2. The number of furan rings is 1. The molecule has 10 nitrogen and oxygen atoms in total. The second-order valence-corrected chi connectivity index (χ2v) is 11.7. The molecule has 2 aromatic heterocycles. The monoisotopic (exact) mass is 680 g/mol. The number of hydrogen-bond acceptors (Lipinski definition) is 9. The van der Waals surface area contributed by atoms with Gasteiger partial charge in [-0.05, 0) is 75.2 Å². The minimum atomic E-state index is -1.04. The van der Waals surface area contributed by atoms with E-state index in [2.05, 4.69) is 20.9 Å². The first-order chi connectivity index (χ1) is 21.1. The molecule has 0 saturated heterocycles. The third-order valence-electron chi connectivity index (χ3n) is 7.04. The molecule has 0 spiro atoms. The number of aromatic nitrogens is 1. The Kier molecular flexibility index (Phi) is 8.93. The Balaban J connectivity index is 1.67. The Labute approximate surface area is 264 Å². The maximum atomic E-state index is 14.0. The molecule has 3 heterocycles. The lowest BCUT2D eigenvalue weighted by molar-refractivity contribution is -0.139. The highest BCUT2D eigenvalue weighted by molar-refractivity contribution is 9.10. The largest absolute Gasteiger partial charge is 0.493 e. The maximum Gasteiger partial charge on any atom is 0.338 e. The van der Waals surface area contributed by atoms with Gasteiger partial charge in [-0.1, -0.05) is 33.3 Å². The molecule has 2 aromatic carbocycles. The summed E-state index contributed by atoms with van der Waals surface area (Å²) >= 11 is 4.78. The molecule has 1 aliphatic heterocycles. The Bertz CT molecular complexity index is 2000. The van der Waals surface area contributed by atoms with Gasteiger partial charge in [0, 0.05) is 16.1 Å². The Hall–Kier alpha value is -4.42. The summed E-state index contributed by atoms with van der Waals surface area (Å²) in [6, 6.07) is 10.9. The first-order valence-electron chi connectivity index (χ1n) is 13.7. The SMILES string of the molecule is CCOC(=O)C1=C(C)N=c2s/c(=C/c3ccc(-c4cc(C(=O)O)ccc4C)o3)c(=O)n2[C@@H]1c1cc(OC)c(OCC)cc1Br. The van der Waals surface area contributed by atoms with Gasteiger partial charge in [0.15, 0.2) is 16.3 Å². The molecule has 0 radical (unpaired) electrons. The number of ether oxygens (including phenoxy) is 3. The van der Waals surface area contributed by atoms with Gasteiger partial charge in [0.25, 0.3) is 5.56 Å². The summed E-state index contributed by atoms with van der Waals surface area (Å²) in [6.45, 7) is 7.71. The van der Waals surface area contributed by atoms with Crippen LogP contribution in [-0.4, -0.2) is 41.9 Å². The van der Waals surface area contributed by atoms with Crippen LogP contribution in [0.5, 0.6) is 11.5 Å². The van der Waals surface area contributed by atoms with Crippen molar-refractivity contribution in [1.29, 1.82) is 0 Å². The molecule has 1 atom stereocenters. The zero-order valence-corrected chi connectivity index (χ0v) is 27.0. The summed E-state index contributed by atoms with van der Waals surface area (Å²) in [4.78, 5) is 43.9. The number of carboxylic acid groups (broad SMARTS) is 1. The molecule has 0 fully saturated rings. The van der Waals surface area contributed by atoms with Gasteiger partial charge in [-0.2, -0.15) is 0 Å². The van der Waals surface area contributed by atoms with Gasteiger partial charge < -0.3 is 23.7 Å². The van der Waals surface area contributed by atoms with Gasteiger partial charge in [-0.15, -0.1) is 0 Å². The zero-order chi connectivity index (χ0) is 31.7. The first-order valence-corrected chi connectivity index (χ1v) is 15.3. The molecule has 0 saturated carbocycles. The number of methoxy groups -OCH3 is 1. The summed E-state index contributed by atoms with van der Waals surface area (Å²) in [5.41, 5.74) is 2.48.